The Balaban J connectivity index is 1.20. The van der Waals surface area contributed by atoms with E-state index in [1.807, 2.05) is 18.2 Å². The van der Waals surface area contributed by atoms with E-state index in [2.05, 4.69) is 31.8 Å². The fourth-order valence-electron chi connectivity index (χ4n) is 4.60. The van der Waals surface area contributed by atoms with Gasteiger partial charge in [0.15, 0.2) is 11.5 Å². The van der Waals surface area contributed by atoms with Crippen molar-refractivity contribution < 1.29 is 9.59 Å². The smallest absolute Gasteiger partial charge is 0.272 e. The van der Waals surface area contributed by atoms with E-state index in [1.165, 1.54) is 0 Å². The number of nitrogens with one attached hydrogen (secondary N) is 2. The molecule has 4 rings (SSSR count). The number of aromatic nitrogens is 2. The maximum atomic E-state index is 12.6. The molecule has 2 aromatic rings. The zero-order valence-corrected chi connectivity index (χ0v) is 19.8. The lowest BCUT2D eigenvalue weighted by atomic mass is 9.91. The lowest BCUT2D eigenvalue weighted by Gasteiger charge is -2.30. The summed E-state index contributed by atoms with van der Waals surface area (Å²) in [6, 6.07) is 11.6. The van der Waals surface area contributed by atoms with E-state index in [4.69, 9.17) is 16.9 Å². The molecule has 1 aromatic heterocycles. The van der Waals surface area contributed by atoms with Crippen molar-refractivity contribution in [1.82, 2.24) is 20.8 Å². The average molecular weight is 481 g/mol. The van der Waals surface area contributed by atoms with Crippen LogP contribution in [-0.2, 0) is 11.3 Å². The molecule has 8 nitrogen and oxygen atoms in total. The van der Waals surface area contributed by atoms with Crippen LogP contribution in [0, 0.1) is 17.2 Å². The second kappa shape index (κ2) is 11.4. The molecule has 34 heavy (non-hydrogen) atoms. The first-order valence-electron chi connectivity index (χ1n) is 11.8. The molecular formula is C25H29ClN6O2. The summed E-state index contributed by atoms with van der Waals surface area (Å²) < 4.78 is 0. The third-order valence-electron chi connectivity index (χ3n) is 6.75. The fourth-order valence-corrected chi connectivity index (χ4v) is 4.85. The normalized spacial score (nSPS) is 21.0. The second-order valence-electron chi connectivity index (χ2n) is 9.07. The van der Waals surface area contributed by atoms with Crippen molar-refractivity contribution in [3.8, 4) is 6.07 Å². The molecule has 0 bridgehead atoms. The average Bonchev–Trinajstić information content (AvgIpc) is 2.88. The zero-order chi connectivity index (χ0) is 23.9. The van der Waals surface area contributed by atoms with Crippen LogP contribution in [0.1, 0.15) is 60.1 Å². The molecule has 0 unspecified atom stereocenters. The quantitative estimate of drug-likeness (QED) is 0.585. The number of halogens is 1. The third kappa shape index (κ3) is 6.10. The van der Waals surface area contributed by atoms with Gasteiger partial charge in [0, 0.05) is 37.6 Å². The summed E-state index contributed by atoms with van der Waals surface area (Å²) in [5.74, 6) is 0.687. The zero-order valence-electron chi connectivity index (χ0n) is 19.0. The summed E-state index contributed by atoms with van der Waals surface area (Å²) in [4.78, 5) is 25.7. The van der Waals surface area contributed by atoms with Crippen molar-refractivity contribution in [1.29, 1.82) is 5.26 Å². The summed E-state index contributed by atoms with van der Waals surface area (Å²) >= 11 is 6.11. The van der Waals surface area contributed by atoms with Crippen LogP contribution in [0.4, 0.5) is 5.82 Å². The molecule has 2 fully saturated rings. The van der Waals surface area contributed by atoms with Gasteiger partial charge in [0.2, 0.25) is 0 Å². The number of anilines is 1. The molecule has 0 spiro atoms. The molecule has 0 atom stereocenters. The van der Waals surface area contributed by atoms with Gasteiger partial charge in [-0.1, -0.05) is 17.7 Å². The van der Waals surface area contributed by atoms with Crippen LogP contribution in [0.25, 0.3) is 0 Å². The van der Waals surface area contributed by atoms with E-state index in [-0.39, 0.29) is 17.9 Å². The summed E-state index contributed by atoms with van der Waals surface area (Å²) in [5, 5.41) is 24.5. The van der Waals surface area contributed by atoms with Gasteiger partial charge in [-0.2, -0.15) is 5.26 Å². The maximum absolute atomic E-state index is 12.6. The lowest BCUT2D eigenvalue weighted by molar-refractivity contribution is -0.111. The first kappa shape index (κ1) is 24.1. The first-order valence-corrected chi connectivity index (χ1v) is 12.2. The van der Waals surface area contributed by atoms with Crippen molar-refractivity contribution in [3.05, 3.63) is 52.2 Å². The number of aldehydes is 1. The van der Waals surface area contributed by atoms with Gasteiger partial charge >= 0.3 is 0 Å². The van der Waals surface area contributed by atoms with E-state index in [0.29, 0.717) is 28.9 Å². The van der Waals surface area contributed by atoms with Crippen LogP contribution in [0.15, 0.2) is 30.3 Å². The number of amides is 1. The lowest BCUT2D eigenvalue weighted by Crippen LogP contribution is -2.42. The van der Waals surface area contributed by atoms with Crippen molar-refractivity contribution in [2.24, 2.45) is 5.92 Å². The van der Waals surface area contributed by atoms with Crippen molar-refractivity contribution in [2.75, 3.05) is 18.0 Å². The molecular weight excluding hydrogens is 452 g/mol. The summed E-state index contributed by atoms with van der Waals surface area (Å²) in [5.41, 5.74) is 1.86. The minimum atomic E-state index is -0.192. The van der Waals surface area contributed by atoms with E-state index < -0.39 is 0 Å². The third-order valence-corrected chi connectivity index (χ3v) is 7.06. The van der Waals surface area contributed by atoms with Crippen LogP contribution in [0.5, 0.6) is 0 Å². The van der Waals surface area contributed by atoms with E-state index in [9.17, 15) is 9.59 Å². The van der Waals surface area contributed by atoms with Crippen LogP contribution in [-0.4, -0.2) is 47.6 Å². The summed E-state index contributed by atoms with van der Waals surface area (Å²) in [6.07, 6.45) is 6.42. The summed E-state index contributed by atoms with van der Waals surface area (Å²) in [7, 11) is 0. The van der Waals surface area contributed by atoms with Gasteiger partial charge in [-0.25, -0.2) is 0 Å². The minimum Gasteiger partial charge on any atom is -0.355 e. The molecule has 1 aliphatic heterocycles. The van der Waals surface area contributed by atoms with Crippen molar-refractivity contribution >= 4 is 29.6 Å². The fraction of sp³-hybridized carbons (Fsp3) is 0.480. The predicted molar refractivity (Wildman–Crippen MR) is 130 cm³/mol. The number of rotatable bonds is 7. The highest BCUT2D eigenvalue weighted by atomic mass is 35.5. The molecule has 9 heteroatoms. The number of piperidine rings is 1. The van der Waals surface area contributed by atoms with Crippen molar-refractivity contribution in [3.63, 3.8) is 0 Å². The second-order valence-corrected chi connectivity index (χ2v) is 9.47. The van der Waals surface area contributed by atoms with Crippen LogP contribution in [0.3, 0.4) is 0 Å². The maximum Gasteiger partial charge on any atom is 0.272 e. The standard InChI is InChI=1S/C25H29ClN6O2/c26-22-13-18(1-2-19(22)14-27)15-28-20-3-5-21(6-4-20)29-25(34)23-7-8-24(31-30-23)32-11-9-17(16-33)10-12-32/h1-2,7-8,13,16-17,20-21,28H,3-6,9-12,15H2,(H,29,34). The Morgan fingerprint density at radius 2 is 1.82 bits per heavy atom. The summed E-state index contributed by atoms with van der Waals surface area (Å²) in [6.45, 7) is 2.25. The molecule has 1 aliphatic carbocycles. The Morgan fingerprint density at radius 3 is 2.44 bits per heavy atom. The number of hydrogen-bond acceptors (Lipinski definition) is 7. The number of carbonyl (C=O) groups is 2. The first-order chi connectivity index (χ1) is 16.6. The van der Waals surface area contributed by atoms with Gasteiger partial charge in [-0.3, -0.25) is 4.79 Å². The molecule has 1 saturated carbocycles. The van der Waals surface area contributed by atoms with Gasteiger partial charge < -0.3 is 20.3 Å². The van der Waals surface area contributed by atoms with Gasteiger partial charge in [-0.15, -0.1) is 10.2 Å². The number of carbonyl (C=O) groups excluding carboxylic acids is 2. The number of nitrogens with zero attached hydrogens (tertiary/aromatic N) is 4. The molecule has 2 aliphatic rings. The Bertz CT molecular complexity index is 1040. The van der Waals surface area contributed by atoms with E-state index in [0.717, 1.165) is 69.3 Å². The Kier molecular flexibility index (Phi) is 8.09. The molecule has 178 valence electrons. The van der Waals surface area contributed by atoms with Crippen LogP contribution < -0.4 is 15.5 Å². The molecule has 1 aromatic carbocycles. The predicted octanol–water partition coefficient (Wildman–Crippen LogP) is 3.25. The molecule has 1 amide bonds. The molecule has 0 radical (unpaired) electrons. The number of hydrogen-bond donors (Lipinski definition) is 2. The Hall–Kier alpha value is -3.02. The number of nitriles is 1. The largest absolute Gasteiger partial charge is 0.355 e. The van der Waals surface area contributed by atoms with Gasteiger partial charge in [-0.05, 0) is 68.4 Å². The highest BCUT2D eigenvalue weighted by molar-refractivity contribution is 6.31. The molecule has 2 N–H and O–H groups in total. The highest BCUT2D eigenvalue weighted by Crippen LogP contribution is 2.22. The minimum absolute atomic E-state index is 0.124. The highest BCUT2D eigenvalue weighted by Gasteiger charge is 2.24. The Labute approximate surface area is 204 Å². The van der Waals surface area contributed by atoms with Gasteiger partial charge in [0.25, 0.3) is 5.91 Å². The van der Waals surface area contributed by atoms with Crippen molar-refractivity contribution in [2.45, 2.75) is 57.2 Å². The van der Waals surface area contributed by atoms with Crippen LogP contribution >= 0.6 is 11.6 Å². The topological polar surface area (TPSA) is 111 Å². The molecule has 2 heterocycles. The SMILES string of the molecule is N#Cc1ccc(CNC2CCC(NC(=O)c3ccc(N4CCC(C=O)CC4)nn3)CC2)cc1Cl. The number of benzene rings is 1. The van der Waals surface area contributed by atoms with E-state index >= 15 is 0 Å². The Morgan fingerprint density at radius 1 is 1.09 bits per heavy atom. The van der Waals surface area contributed by atoms with E-state index in [1.54, 1.807) is 12.1 Å². The van der Waals surface area contributed by atoms with Gasteiger partial charge in [0.1, 0.15) is 12.4 Å². The van der Waals surface area contributed by atoms with Crippen LogP contribution in [0.2, 0.25) is 5.02 Å². The monoisotopic (exact) mass is 480 g/mol. The molecule has 1 saturated heterocycles. The van der Waals surface area contributed by atoms with Gasteiger partial charge in [0.05, 0.1) is 10.6 Å².